The summed E-state index contributed by atoms with van der Waals surface area (Å²) in [5.74, 6) is 2.22. The Hall–Kier alpha value is -3.95. The zero-order valence-corrected chi connectivity index (χ0v) is 48.7. The first-order valence-electron chi connectivity index (χ1n) is 29.2. The molecule has 0 amide bonds. The zero-order chi connectivity index (χ0) is 51.6. The van der Waals surface area contributed by atoms with E-state index in [4.69, 9.17) is 0 Å². The summed E-state index contributed by atoms with van der Waals surface area (Å²) in [5, 5.41) is 2.91. The SMILES string of the molecule is CC(C)(C)C1=CCC(CC(C2=CCC(C(C)(C)C)C=C2)C2C=C(N(C3=CC4=C(CC3)C(C)(C)CCC4(C)C)C3CCC4=C(C3)C(C)(C)CCC4(C)C)C=C(n3c4c(c5ccccc53)C3CC=CC=C3S4)C2)C=C1. The van der Waals surface area contributed by atoms with Crippen molar-refractivity contribution >= 4 is 28.4 Å². The van der Waals surface area contributed by atoms with E-state index in [1.165, 1.54) is 82.7 Å². The van der Waals surface area contributed by atoms with Crippen LogP contribution in [0.15, 0.2) is 152 Å². The molecule has 0 saturated carbocycles. The number of thioether (sulfide) groups is 1. The molecule has 0 N–H and O–H groups in total. The summed E-state index contributed by atoms with van der Waals surface area (Å²) in [7, 11) is 0. The van der Waals surface area contributed by atoms with Crippen molar-refractivity contribution < 1.29 is 0 Å². The van der Waals surface area contributed by atoms with Gasteiger partial charge in [0.1, 0.15) is 0 Å². The van der Waals surface area contributed by atoms with Gasteiger partial charge in [0.05, 0.1) is 10.5 Å². The predicted octanol–water partition coefficient (Wildman–Crippen LogP) is 20.3. The highest BCUT2D eigenvalue weighted by Crippen LogP contribution is 2.60. The average Bonchev–Trinajstić information content (AvgIpc) is 3.88. The molecule has 6 atom stereocenters. The Morgan fingerprint density at radius 2 is 1.47 bits per heavy atom. The fraction of sp³-hybridized carbons (Fsp3) is 0.571. The summed E-state index contributed by atoms with van der Waals surface area (Å²) < 4.78 is 2.79. The molecule has 8 aliphatic carbocycles. The van der Waals surface area contributed by atoms with E-state index in [1.54, 1.807) is 39.1 Å². The molecule has 0 saturated heterocycles. The molecule has 1 aromatic heterocycles. The van der Waals surface area contributed by atoms with Crippen LogP contribution >= 0.6 is 11.8 Å². The van der Waals surface area contributed by atoms with Crippen LogP contribution in [0.3, 0.4) is 0 Å². The first-order chi connectivity index (χ1) is 34.4. The lowest BCUT2D eigenvalue weighted by atomic mass is 9.58. The van der Waals surface area contributed by atoms with E-state index in [0.29, 0.717) is 35.6 Å². The summed E-state index contributed by atoms with van der Waals surface area (Å²) in [6.07, 6.45) is 47.6. The molecule has 73 heavy (non-hydrogen) atoms. The van der Waals surface area contributed by atoms with E-state index < -0.39 is 0 Å². The number of para-hydroxylation sites is 1. The summed E-state index contributed by atoms with van der Waals surface area (Å²) in [6.45, 7) is 34.9. The Labute approximate surface area is 447 Å². The van der Waals surface area contributed by atoms with E-state index in [1.807, 2.05) is 0 Å². The number of benzene rings is 1. The van der Waals surface area contributed by atoms with Crippen LogP contribution in [0.1, 0.15) is 198 Å². The molecule has 388 valence electrons. The van der Waals surface area contributed by atoms with Gasteiger partial charge < -0.3 is 9.47 Å². The Morgan fingerprint density at radius 3 is 2.16 bits per heavy atom. The number of nitrogens with zero attached hydrogens (tertiary/aromatic N) is 2. The molecule has 0 fully saturated rings. The standard InChI is InChI=1S/C70H92N2S/c1-65(2,3)48-27-23-45(24-28-48)39-56(46-25-29-49(30-26-46)66(4,5)6)47-40-52(42-53(41-47)72-61-21-17-15-19-54(61)63-55-20-16-18-22-62(55)73-64(63)72)71(50-31-33-57-59(43-50)69(11,12)37-35-67(57,7)8)51-32-34-58-60(44-51)70(13,14)38-36-68(58,9)10/h15-19,21-23,25-29,40,42-43,45,47,49,51,55-56H,20,24,30-39,41,44H2,1-14H3. The van der Waals surface area contributed by atoms with Crippen LogP contribution in [-0.2, 0) is 0 Å². The van der Waals surface area contributed by atoms with Gasteiger partial charge in [-0.25, -0.2) is 0 Å². The number of hydrogen-bond acceptors (Lipinski definition) is 2. The Balaban J connectivity index is 1.11. The zero-order valence-electron chi connectivity index (χ0n) is 47.9. The highest BCUT2D eigenvalue weighted by atomic mass is 32.2. The number of aromatic nitrogens is 1. The van der Waals surface area contributed by atoms with Gasteiger partial charge in [-0.3, -0.25) is 0 Å². The van der Waals surface area contributed by atoms with Crippen molar-refractivity contribution in [1.82, 2.24) is 9.47 Å². The second kappa shape index (κ2) is 18.4. The van der Waals surface area contributed by atoms with Gasteiger partial charge in [0, 0.05) is 40.0 Å². The van der Waals surface area contributed by atoms with Crippen molar-refractivity contribution in [3.63, 3.8) is 0 Å². The largest absolute Gasteiger partial charge is 0.342 e. The van der Waals surface area contributed by atoms with E-state index in [2.05, 4.69) is 215 Å². The van der Waals surface area contributed by atoms with Crippen LogP contribution in [0.2, 0.25) is 0 Å². The van der Waals surface area contributed by atoms with Crippen LogP contribution in [0.25, 0.3) is 16.6 Å². The number of fused-ring (bicyclic) bond motifs is 5. The fourth-order valence-electron chi connectivity index (χ4n) is 15.5. The summed E-state index contributed by atoms with van der Waals surface area (Å²) in [6, 6.07) is 9.87. The quantitative estimate of drug-likeness (QED) is 0.244. The molecule has 3 heteroatoms. The summed E-state index contributed by atoms with van der Waals surface area (Å²) in [4.78, 5) is 4.54. The van der Waals surface area contributed by atoms with E-state index in [9.17, 15) is 0 Å². The Morgan fingerprint density at radius 1 is 0.740 bits per heavy atom. The first kappa shape index (κ1) is 51.2. The molecule has 2 aromatic rings. The minimum absolute atomic E-state index is 0.161. The molecule has 0 radical (unpaired) electrons. The lowest BCUT2D eigenvalue weighted by molar-refractivity contribution is 0.193. The molecule has 6 unspecified atom stereocenters. The third kappa shape index (κ3) is 9.36. The Kier molecular flexibility index (Phi) is 12.9. The molecular formula is C70H92N2S. The number of allylic oxidation sites excluding steroid dienone is 20. The van der Waals surface area contributed by atoms with Crippen molar-refractivity contribution in [2.75, 3.05) is 0 Å². The van der Waals surface area contributed by atoms with Gasteiger partial charge >= 0.3 is 0 Å². The summed E-state index contributed by atoms with van der Waals surface area (Å²) >= 11 is 2.06. The van der Waals surface area contributed by atoms with Gasteiger partial charge in [-0.1, -0.05) is 204 Å². The molecule has 1 aliphatic heterocycles. The minimum Gasteiger partial charge on any atom is -0.342 e. The third-order valence-electron chi connectivity index (χ3n) is 20.5. The minimum atomic E-state index is 0.161. The molecule has 11 rings (SSSR count). The molecule has 2 nitrogen and oxygen atoms in total. The molecule has 0 spiro atoms. The van der Waals surface area contributed by atoms with Gasteiger partial charge in [0.25, 0.3) is 0 Å². The van der Waals surface area contributed by atoms with E-state index in [0.717, 1.165) is 44.9 Å². The van der Waals surface area contributed by atoms with Crippen molar-refractivity contribution in [2.45, 2.75) is 204 Å². The van der Waals surface area contributed by atoms with Crippen molar-refractivity contribution in [3.8, 4) is 0 Å². The second-order valence-electron chi connectivity index (χ2n) is 29.2. The smallest absolute Gasteiger partial charge is 0.0887 e. The number of hydrogen-bond donors (Lipinski definition) is 0. The van der Waals surface area contributed by atoms with Gasteiger partial charge in [-0.2, -0.15) is 0 Å². The highest BCUT2D eigenvalue weighted by molar-refractivity contribution is 8.03. The van der Waals surface area contributed by atoms with Crippen molar-refractivity contribution in [1.29, 1.82) is 0 Å². The Bertz CT molecular complexity index is 2930. The first-order valence-corrected chi connectivity index (χ1v) is 30.1. The summed E-state index contributed by atoms with van der Waals surface area (Å²) in [5.41, 5.74) is 18.8. The monoisotopic (exact) mass is 993 g/mol. The van der Waals surface area contributed by atoms with Gasteiger partial charge in [0.15, 0.2) is 0 Å². The highest BCUT2D eigenvalue weighted by Gasteiger charge is 2.46. The number of rotatable bonds is 8. The second-order valence-corrected chi connectivity index (χ2v) is 30.3. The predicted molar refractivity (Wildman–Crippen MR) is 315 cm³/mol. The van der Waals surface area contributed by atoms with Gasteiger partial charge in [-0.15, -0.1) is 0 Å². The maximum Gasteiger partial charge on any atom is 0.0887 e. The lowest BCUT2D eigenvalue weighted by Gasteiger charge is -2.51. The van der Waals surface area contributed by atoms with Crippen molar-refractivity contribution in [2.24, 2.45) is 56.2 Å². The topological polar surface area (TPSA) is 8.17 Å². The molecule has 2 heterocycles. The van der Waals surface area contributed by atoms with Crippen LogP contribution in [0.5, 0.6) is 0 Å². The van der Waals surface area contributed by atoms with Crippen LogP contribution in [0, 0.1) is 56.2 Å². The lowest BCUT2D eigenvalue weighted by Crippen LogP contribution is -2.43. The van der Waals surface area contributed by atoms with Crippen LogP contribution in [-0.4, -0.2) is 15.5 Å². The third-order valence-corrected chi connectivity index (χ3v) is 21.7. The average molecular weight is 994 g/mol. The molecule has 1 aromatic carbocycles. The molecule has 0 bridgehead atoms. The fourth-order valence-corrected chi connectivity index (χ4v) is 16.9. The van der Waals surface area contributed by atoms with Crippen LogP contribution in [0.4, 0.5) is 0 Å². The molecular weight excluding hydrogens is 901 g/mol. The van der Waals surface area contributed by atoms with E-state index in [-0.39, 0.29) is 32.5 Å². The normalized spacial score (nSPS) is 29.5. The molecule has 9 aliphatic rings. The maximum atomic E-state index is 3.02. The van der Waals surface area contributed by atoms with Gasteiger partial charge in [-0.05, 0) is 186 Å². The van der Waals surface area contributed by atoms with Gasteiger partial charge in [0.2, 0.25) is 0 Å². The van der Waals surface area contributed by atoms with Crippen LogP contribution < -0.4 is 0 Å². The van der Waals surface area contributed by atoms with Crippen molar-refractivity contribution in [3.05, 3.63) is 152 Å². The van der Waals surface area contributed by atoms with E-state index >= 15 is 0 Å². The maximum absolute atomic E-state index is 3.02.